The Bertz CT molecular complexity index is 455. The summed E-state index contributed by atoms with van der Waals surface area (Å²) < 4.78 is 0. The second-order valence-electron chi connectivity index (χ2n) is 6.16. The average molecular weight is 258 g/mol. The van der Waals surface area contributed by atoms with E-state index < -0.39 is 0 Å². The molecule has 1 aromatic rings. The number of rotatable bonds is 6. The molecule has 0 fully saturated rings. The Kier molecular flexibility index (Phi) is 5.42. The summed E-state index contributed by atoms with van der Waals surface area (Å²) in [5.41, 5.74) is 3.77. The van der Waals surface area contributed by atoms with Crippen LogP contribution in [0.2, 0.25) is 0 Å². The lowest BCUT2D eigenvalue weighted by Crippen LogP contribution is -2.20. The summed E-state index contributed by atoms with van der Waals surface area (Å²) in [6, 6.07) is 8.95. The van der Waals surface area contributed by atoms with Crippen LogP contribution in [0.3, 0.4) is 0 Å². The van der Waals surface area contributed by atoms with Crippen LogP contribution in [0.15, 0.2) is 18.2 Å². The molecule has 104 valence electrons. The first-order valence-electron chi connectivity index (χ1n) is 7.05. The summed E-state index contributed by atoms with van der Waals surface area (Å²) in [6.45, 7) is 9.37. The number of hydrogen-bond donors (Lipinski definition) is 0. The zero-order valence-corrected chi connectivity index (χ0v) is 13.0. The van der Waals surface area contributed by atoms with E-state index in [1.807, 2.05) is 13.8 Å². The Labute approximate surface area is 118 Å². The molecule has 0 spiro atoms. The molecule has 0 radical (unpaired) electrons. The van der Waals surface area contributed by atoms with Gasteiger partial charge < -0.3 is 4.90 Å². The van der Waals surface area contributed by atoms with Gasteiger partial charge in [-0.3, -0.25) is 0 Å². The van der Waals surface area contributed by atoms with Crippen LogP contribution in [0.5, 0.6) is 0 Å². The van der Waals surface area contributed by atoms with Crippen LogP contribution < -0.4 is 4.90 Å². The number of hydrogen-bond acceptors (Lipinski definition) is 2. The molecule has 0 bridgehead atoms. The molecule has 2 heteroatoms. The van der Waals surface area contributed by atoms with Gasteiger partial charge in [-0.25, -0.2) is 0 Å². The van der Waals surface area contributed by atoms with Crippen molar-refractivity contribution in [1.82, 2.24) is 0 Å². The molecular formula is C17H26N2. The summed E-state index contributed by atoms with van der Waals surface area (Å²) in [5, 5.41) is 8.98. The van der Waals surface area contributed by atoms with E-state index in [-0.39, 0.29) is 5.41 Å². The van der Waals surface area contributed by atoms with E-state index in [1.54, 1.807) is 0 Å². The van der Waals surface area contributed by atoms with Gasteiger partial charge in [-0.05, 0) is 52.2 Å². The highest BCUT2D eigenvalue weighted by Crippen LogP contribution is 2.23. The first-order valence-corrected chi connectivity index (χ1v) is 7.05. The van der Waals surface area contributed by atoms with E-state index in [2.05, 4.69) is 50.1 Å². The van der Waals surface area contributed by atoms with Crippen LogP contribution in [-0.2, 0) is 0 Å². The predicted molar refractivity (Wildman–Crippen MR) is 82.4 cm³/mol. The van der Waals surface area contributed by atoms with Gasteiger partial charge >= 0.3 is 0 Å². The molecule has 0 amide bonds. The average Bonchev–Trinajstić information content (AvgIpc) is 2.34. The molecular weight excluding hydrogens is 232 g/mol. The minimum atomic E-state index is -0.182. The highest BCUT2D eigenvalue weighted by molar-refractivity contribution is 5.53. The summed E-state index contributed by atoms with van der Waals surface area (Å²) in [7, 11) is 2.15. The third-order valence-electron chi connectivity index (χ3n) is 3.61. The second kappa shape index (κ2) is 6.61. The highest BCUT2D eigenvalue weighted by atomic mass is 15.1. The fraction of sp³-hybridized carbons (Fsp3) is 0.588. The van der Waals surface area contributed by atoms with Crippen LogP contribution >= 0.6 is 0 Å². The normalized spacial score (nSPS) is 11.2. The third kappa shape index (κ3) is 4.95. The first kappa shape index (κ1) is 15.6. The van der Waals surface area contributed by atoms with Crippen LogP contribution in [-0.4, -0.2) is 13.6 Å². The molecule has 0 heterocycles. The fourth-order valence-corrected chi connectivity index (χ4v) is 2.33. The molecule has 0 unspecified atom stereocenters. The minimum absolute atomic E-state index is 0.182. The summed E-state index contributed by atoms with van der Waals surface area (Å²) in [4.78, 5) is 2.31. The smallest absolute Gasteiger partial charge is 0.0683 e. The van der Waals surface area contributed by atoms with Crippen molar-refractivity contribution >= 4 is 5.69 Å². The maximum absolute atomic E-state index is 8.98. The zero-order valence-electron chi connectivity index (χ0n) is 13.0. The van der Waals surface area contributed by atoms with Gasteiger partial charge in [0.15, 0.2) is 0 Å². The lowest BCUT2D eigenvalue weighted by atomic mass is 9.89. The SMILES string of the molecule is Cc1ccc(N(C)CCCCC(C)(C)C#N)c(C)c1. The van der Waals surface area contributed by atoms with E-state index in [0.29, 0.717) is 0 Å². The van der Waals surface area contributed by atoms with Crippen molar-refractivity contribution in [3.63, 3.8) is 0 Å². The molecule has 1 aromatic carbocycles. The molecule has 0 atom stereocenters. The number of benzene rings is 1. The summed E-state index contributed by atoms with van der Waals surface area (Å²) in [5.74, 6) is 0. The lowest BCUT2D eigenvalue weighted by molar-refractivity contribution is 0.427. The van der Waals surface area contributed by atoms with E-state index in [9.17, 15) is 0 Å². The highest BCUT2D eigenvalue weighted by Gasteiger charge is 2.15. The van der Waals surface area contributed by atoms with Gasteiger partial charge in [-0.2, -0.15) is 5.26 Å². The van der Waals surface area contributed by atoms with Crippen molar-refractivity contribution in [2.75, 3.05) is 18.5 Å². The molecule has 0 aliphatic carbocycles. The van der Waals surface area contributed by atoms with Crippen molar-refractivity contribution in [3.05, 3.63) is 29.3 Å². The minimum Gasteiger partial charge on any atom is -0.374 e. The van der Waals surface area contributed by atoms with E-state index >= 15 is 0 Å². The van der Waals surface area contributed by atoms with E-state index in [1.165, 1.54) is 16.8 Å². The first-order chi connectivity index (χ1) is 8.85. The molecule has 0 saturated carbocycles. The molecule has 0 N–H and O–H groups in total. The monoisotopic (exact) mass is 258 g/mol. The molecule has 0 saturated heterocycles. The maximum Gasteiger partial charge on any atom is 0.0683 e. The lowest BCUT2D eigenvalue weighted by Gasteiger charge is -2.22. The molecule has 2 nitrogen and oxygen atoms in total. The second-order valence-corrected chi connectivity index (χ2v) is 6.16. The Balaban J connectivity index is 2.44. The molecule has 0 aliphatic heterocycles. The number of anilines is 1. The van der Waals surface area contributed by atoms with Crippen molar-refractivity contribution in [1.29, 1.82) is 5.26 Å². The van der Waals surface area contributed by atoms with E-state index in [4.69, 9.17) is 5.26 Å². The standard InChI is InChI=1S/C17H26N2/c1-14-8-9-16(15(2)12-14)19(5)11-7-6-10-17(3,4)13-18/h8-9,12H,6-7,10-11H2,1-5H3. The van der Waals surface area contributed by atoms with E-state index in [0.717, 1.165) is 25.8 Å². The summed E-state index contributed by atoms with van der Waals surface area (Å²) >= 11 is 0. The quantitative estimate of drug-likeness (QED) is 0.704. The zero-order chi connectivity index (χ0) is 14.5. The van der Waals surface area contributed by atoms with Gasteiger partial charge in [0.25, 0.3) is 0 Å². The number of aryl methyl sites for hydroxylation is 2. The van der Waals surface area contributed by atoms with Gasteiger partial charge in [0.05, 0.1) is 11.5 Å². The van der Waals surface area contributed by atoms with Crippen molar-refractivity contribution < 1.29 is 0 Å². The Morgan fingerprint density at radius 2 is 1.89 bits per heavy atom. The predicted octanol–water partition coefficient (Wildman–Crippen LogP) is 4.46. The number of nitriles is 1. The Morgan fingerprint density at radius 1 is 1.21 bits per heavy atom. The largest absolute Gasteiger partial charge is 0.374 e. The fourth-order valence-electron chi connectivity index (χ4n) is 2.33. The van der Waals surface area contributed by atoms with Gasteiger partial charge in [0, 0.05) is 19.3 Å². The maximum atomic E-state index is 8.98. The van der Waals surface area contributed by atoms with Crippen molar-refractivity contribution in [2.45, 2.75) is 47.0 Å². The number of nitrogens with zero attached hydrogens (tertiary/aromatic N) is 2. The van der Waals surface area contributed by atoms with Crippen LogP contribution in [0.25, 0.3) is 0 Å². The van der Waals surface area contributed by atoms with Crippen molar-refractivity contribution in [2.24, 2.45) is 5.41 Å². The molecule has 1 rings (SSSR count). The van der Waals surface area contributed by atoms with Gasteiger partial charge in [-0.1, -0.05) is 24.1 Å². The van der Waals surface area contributed by atoms with Crippen LogP contribution in [0.1, 0.15) is 44.2 Å². The third-order valence-corrected chi connectivity index (χ3v) is 3.61. The molecule has 0 aromatic heterocycles. The number of unbranched alkanes of at least 4 members (excludes halogenated alkanes) is 1. The molecule has 0 aliphatic rings. The topological polar surface area (TPSA) is 27.0 Å². The van der Waals surface area contributed by atoms with Gasteiger partial charge in [-0.15, -0.1) is 0 Å². The Morgan fingerprint density at radius 3 is 2.47 bits per heavy atom. The van der Waals surface area contributed by atoms with Crippen molar-refractivity contribution in [3.8, 4) is 6.07 Å². The van der Waals surface area contributed by atoms with Gasteiger partial charge in [0.1, 0.15) is 0 Å². The summed E-state index contributed by atoms with van der Waals surface area (Å²) in [6.07, 6.45) is 3.22. The molecule has 19 heavy (non-hydrogen) atoms. The van der Waals surface area contributed by atoms with Gasteiger partial charge in [0.2, 0.25) is 0 Å². The van der Waals surface area contributed by atoms with Crippen LogP contribution in [0.4, 0.5) is 5.69 Å². The van der Waals surface area contributed by atoms with Crippen LogP contribution in [0, 0.1) is 30.6 Å². The Hall–Kier alpha value is -1.49.